The summed E-state index contributed by atoms with van der Waals surface area (Å²) in [6.07, 6.45) is 3.49. The van der Waals surface area contributed by atoms with Gasteiger partial charge in [-0.3, -0.25) is 4.79 Å². The van der Waals surface area contributed by atoms with Gasteiger partial charge < -0.3 is 4.74 Å². The van der Waals surface area contributed by atoms with Crippen molar-refractivity contribution < 1.29 is 9.53 Å². The SMILES string of the molecule is CC(C)[C@@H]1CC[C@H](C)C[C@H]1OC(=O)CCl. The predicted octanol–water partition coefficient (Wildman–Crippen LogP) is 3.23. The number of carbonyl (C=O) groups is 1. The zero-order valence-corrected chi connectivity index (χ0v) is 10.6. The zero-order valence-electron chi connectivity index (χ0n) is 9.83. The Morgan fingerprint density at radius 3 is 2.67 bits per heavy atom. The number of halogens is 1. The predicted molar refractivity (Wildman–Crippen MR) is 61.9 cm³/mol. The number of esters is 1. The van der Waals surface area contributed by atoms with E-state index in [4.69, 9.17) is 16.3 Å². The largest absolute Gasteiger partial charge is 0.461 e. The van der Waals surface area contributed by atoms with Gasteiger partial charge in [-0.05, 0) is 30.6 Å². The normalized spacial score (nSPS) is 31.7. The lowest BCUT2D eigenvalue weighted by Crippen LogP contribution is -2.36. The van der Waals surface area contributed by atoms with Crippen molar-refractivity contribution in [2.45, 2.75) is 46.1 Å². The molecule has 0 radical (unpaired) electrons. The molecule has 0 unspecified atom stereocenters. The second-order valence-corrected chi connectivity index (χ2v) is 5.26. The molecule has 0 saturated heterocycles. The van der Waals surface area contributed by atoms with Crippen LogP contribution < -0.4 is 0 Å². The zero-order chi connectivity index (χ0) is 11.4. The van der Waals surface area contributed by atoms with E-state index in [1.807, 2.05) is 0 Å². The molecule has 0 aromatic carbocycles. The molecule has 1 aliphatic carbocycles. The molecule has 0 aromatic heterocycles. The van der Waals surface area contributed by atoms with Gasteiger partial charge in [0.1, 0.15) is 12.0 Å². The van der Waals surface area contributed by atoms with Crippen LogP contribution in [0, 0.1) is 17.8 Å². The molecule has 0 heterocycles. The van der Waals surface area contributed by atoms with Crippen LogP contribution in [0.25, 0.3) is 0 Å². The quantitative estimate of drug-likeness (QED) is 0.552. The molecule has 88 valence electrons. The summed E-state index contributed by atoms with van der Waals surface area (Å²) < 4.78 is 5.41. The van der Waals surface area contributed by atoms with Crippen LogP contribution in [0.3, 0.4) is 0 Å². The Kier molecular flexibility index (Phi) is 4.91. The van der Waals surface area contributed by atoms with Crippen LogP contribution in [0.5, 0.6) is 0 Å². The van der Waals surface area contributed by atoms with Crippen molar-refractivity contribution in [3.63, 3.8) is 0 Å². The molecule has 0 spiro atoms. The summed E-state index contributed by atoms with van der Waals surface area (Å²) in [5, 5.41) is 0. The van der Waals surface area contributed by atoms with Gasteiger partial charge in [-0.2, -0.15) is 0 Å². The summed E-state index contributed by atoms with van der Waals surface area (Å²) in [5.41, 5.74) is 0. The minimum absolute atomic E-state index is 0.0320. The Balaban J connectivity index is 2.57. The lowest BCUT2D eigenvalue weighted by Gasteiger charge is -2.36. The summed E-state index contributed by atoms with van der Waals surface area (Å²) in [6.45, 7) is 6.61. The summed E-state index contributed by atoms with van der Waals surface area (Å²) in [6, 6.07) is 0. The topological polar surface area (TPSA) is 26.3 Å². The van der Waals surface area contributed by atoms with Crippen molar-refractivity contribution in [3.05, 3.63) is 0 Å². The molecule has 1 fully saturated rings. The van der Waals surface area contributed by atoms with Crippen molar-refractivity contribution in [3.8, 4) is 0 Å². The monoisotopic (exact) mass is 232 g/mol. The number of hydrogen-bond donors (Lipinski definition) is 0. The second kappa shape index (κ2) is 5.74. The first-order chi connectivity index (χ1) is 7.04. The van der Waals surface area contributed by atoms with E-state index in [1.54, 1.807) is 0 Å². The number of rotatable bonds is 3. The molecule has 2 nitrogen and oxygen atoms in total. The van der Waals surface area contributed by atoms with Gasteiger partial charge in [0.25, 0.3) is 0 Å². The van der Waals surface area contributed by atoms with Gasteiger partial charge in [0, 0.05) is 0 Å². The van der Waals surface area contributed by atoms with Crippen molar-refractivity contribution in [2.75, 3.05) is 5.88 Å². The number of alkyl halides is 1. The van der Waals surface area contributed by atoms with E-state index in [-0.39, 0.29) is 18.0 Å². The highest BCUT2D eigenvalue weighted by atomic mass is 35.5. The molecule has 0 N–H and O–H groups in total. The smallest absolute Gasteiger partial charge is 0.321 e. The maximum absolute atomic E-state index is 11.2. The fourth-order valence-corrected chi connectivity index (χ4v) is 2.51. The average molecular weight is 233 g/mol. The maximum Gasteiger partial charge on any atom is 0.321 e. The van der Waals surface area contributed by atoms with Crippen LogP contribution in [0.15, 0.2) is 0 Å². The number of hydrogen-bond acceptors (Lipinski definition) is 2. The van der Waals surface area contributed by atoms with Crippen molar-refractivity contribution in [1.82, 2.24) is 0 Å². The molecule has 3 heteroatoms. The second-order valence-electron chi connectivity index (χ2n) is 4.99. The third-order valence-corrected chi connectivity index (χ3v) is 3.57. The van der Waals surface area contributed by atoms with Crippen LogP contribution in [0.1, 0.15) is 40.0 Å². The van der Waals surface area contributed by atoms with E-state index in [0.29, 0.717) is 17.8 Å². The van der Waals surface area contributed by atoms with Gasteiger partial charge in [-0.1, -0.05) is 27.2 Å². The van der Waals surface area contributed by atoms with Crippen molar-refractivity contribution in [2.24, 2.45) is 17.8 Å². The van der Waals surface area contributed by atoms with Gasteiger partial charge in [0.05, 0.1) is 0 Å². The number of ether oxygens (including phenoxy) is 1. The molecule has 3 atom stereocenters. The molecule has 1 aliphatic rings. The van der Waals surface area contributed by atoms with E-state index in [2.05, 4.69) is 20.8 Å². The highest BCUT2D eigenvalue weighted by molar-refractivity contribution is 6.26. The molecule has 1 rings (SSSR count). The van der Waals surface area contributed by atoms with Crippen LogP contribution in [-0.2, 0) is 9.53 Å². The van der Waals surface area contributed by atoms with Crippen LogP contribution in [-0.4, -0.2) is 18.0 Å². The van der Waals surface area contributed by atoms with Crippen molar-refractivity contribution in [1.29, 1.82) is 0 Å². The standard InChI is InChI=1S/C12H21ClO2/c1-8(2)10-5-4-9(3)6-11(10)15-12(14)7-13/h8-11H,4-7H2,1-3H3/t9-,10-,11+/m0/s1. The first kappa shape index (κ1) is 12.8. The number of carbonyl (C=O) groups excluding carboxylic acids is 1. The Morgan fingerprint density at radius 1 is 1.47 bits per heavy atom. The summed E-state index contributed by atoms with van der Waals surface area (Å²) >= 11 is 5.46. The Hall–Kier alpha value is -0.240. The summed E-state index contributed by atoms with van der Waals surface area (Å²) in [4.78, 5) is 11.2. The van der Waals surface area contributed by atoms with E-state index in [0.717, 1.165) is 6.42 Å². The van der Waals surface area contributed by atoms with Gasteiger partial charge in [0.2, 0.25) is 0 Å². The minimum atomic E-state index is -0.276. The lowest BCUT2D eigenvalue weighted by molar-refractivity contribution is -0.152. The van der Waals surface area contributed by atoms with E-state index in [9.17, 15) is 4.79 Å². The molecule has 1 saturated carbocycles. The van der Waals surface area contributed by atoms with Gasteiger partial charge >= 0.3 is 5.97 Å². The van der Waals surface area contributed by atoms with Crippen molar-refractivity contribution >= 4 is 17.6 Å². The summed E-state index contributed by atoms with van der Waals surface area (Å²) in [7, 11) is 0. The average Bonchev–Trinajstić information content (AvgIpc) is 2.17. The van der Waals surface area contributed by atoms with Gasteiger partial charge in [-0.15, -0.1) is 11.6 Å². The van der Waals surface area contributed by atoms with Gasteiger partial charge in [0.15, 0.2) is 0 Å². The molecular formula is C12H21ClO2. The Labute approximate surface area is 97.3 Å². The van der Waals surface area contributed by atoms with Crippen LogP contribution >= 0.6 is 11.6 Å². The first-order valence-corrected chi connectivity index (χ1v) is 6.33. The fourth-order valence-electron chi connectivity index (χ4n) is 2.45. The van der Waals surface area contributed by atoms with Gasteiger partial charge in [-0.25, -0.2) is 0 Å². The first-order valence-electron chi connectivity index (χ1n) is 5.80. The Bertz CT molecular complexity index is 216. The third kappa shape index (κ3) is 3.67. The fraction of sp³-hybridized carbons (Fsp3) is 0.917. The molecule has 0 aromatic rings. The van der Waals surface area contributed by atoms with E-state index in [1.165, 1.54) is 12.8 Å². The van der Waals surface area contributed by atoms with E-state index >= 15 is 0 Å². The lowest BCUT2D eigenvalue weighted by atomic mass is 9.75. The maximum atomic E-state index is 11.2. The highest BCUT2D eigenvalue weighted by Crippen LogP contribution is 2.35. The Morgan fingerprint density at radius 2 is 2.13 bits per heavy atom. The van der Waals surface area contributed by atoms with Crippen LogP contribution in [0.2, 0.25) is 0 Å². The van der Waals surface area contributed by atoms with E-state index < -0.39 is 0 Å². The molecule has 0 aliphatic heterocycles. The summed E-state index contributed by atoms with van der Waals surface area (Å²) in [5.74, 6) is 1.43. The van der Waals surface area contributed by atoms with Crippen LogP contribution in [0.4, 0.5) is 0 Å². The molecular weight excluding hydrogens is 212 g/mol. The molecule has 0 bridgehead atoms. The molecule has 0 amide bonds. The minimum Gasteiger partial charge on any atom is -0.461 e. The highest BCUT2D eigenvalue weighted by Gasteiger charge is 2.33. The third-order valence-electron chi connectivity index (χ3n) is 3.35. The molecule has 15 heavy (non-hydrogen) atoms.